The summed E-state index contributed by atoms with van der Waals surface area (Å²) in [5, 5.41) is 2.73. The molecule has 0 unspecified atom stereocenters. The minimum absolute atomic E-state index is 0.347. The second-order valence-electron chi connectivity index (χ2n) is 8.49. The van der Waals surface area contributed by atoms with Gasteiger partial charge in [0.05, 0.1) is 0 Å². The van der Waals surface area contributed by atoms with E-state index < -0.39 is 0 Å². The number of rotatable bonds is 2. The highest BCUT2D eigenvalue weighted by atomic mass is 14.2. The Balaban J connectivity index is 2.30. The third-order valence-electron chi connectivity index (χ3n) is 3.44. The Morgan fingerprint density at radius 2 is 0.950 bits per heavy atom. The SMILES string of the molecule is CC(C)(C)Cc1ccc2cc(CC(C)(C)C)ccc2c1. The Morgan fingerprint density at radius 1 is 0.600 bits per heavy atom. The minimum Gasteiger partial charge on any atom is -0.0599 e. The van der Waals surface area contributed by atoms with Gasteiger partial charge >= 0.3 is 0 Å². The lowest BCUT2D eigenvalue weighted by molar-refractivity contribution is 0.411. The van der Waals surface area contributed by atoms with E-state index in [1.54, 1.807) is 0 Å². The maximum Gasteiger partial charge on any atom is -0.0181 e. The molecule has 0 atom stereocenters. The molecule has 0 radical (unpaired) electrons. The summed E-state index contributed by atoms with van der Waals surface area (Å²) in [5.41, 5.74) is 3.57. The van der Waals surface area contributed by atoms with Gasteiger partial charge < -0.3 is 0 Å². The molecule has 0 saturated carbocycles. The molecular formula is C20H28. The van der Waals surface area contributed by atoms with Gasteiger partial charge in [0.25, 0.3) is 0 Å². The highest BCUT2D eigenvalue weighted by molar-refractivity contribution is 5.83. The van der Waals surface area contributed by atoms with E-state index >= 15 is 0 Å². The van der Waals surface area contributed by atoms with Crippen LogP contribution in [0.4, 0.5) is 0 Å². The molecule has 0 nitrogen and oxygen atoms in total. The lowest BCUT2D eigenvalue weighted by Gasteiger charge is -2.19. The van der Waals surface area contributed by atoms with Gasteiger partial charge in [0.1, 0.15) is 0 Å². The lowest BCUT2D eigenvalue weighted by atomic mass is 9.86. The molecule has 0 aromatic heterocycles. The van der Waals surface area contributed by atoms with Crippen molar-refractivity contribution in [2.45, 2.75) is 54.4 Å². The molecule has 2 aromatic carbocycles. The van der Waals surface area contributed by atoms with Crippen LogP contribution >= 0.6 is 0 Å². The zero-order valence-electron chi connectivity index (χ0n) is 13.9. The number of fused-ring (bicyclic) bond motifs is 1. The molecule has 2 aromatic rings. The van der Waals surface area contributed by atoms with Gasteiger partial charge in [-0.15, -0.1) is 0 Å². The second-order valence-corrected chi connectivity index (χ2v) is 8.49. The molecule has 0 fully saturated rings. The summed E-state index contributed by atoms with van der Waals surface area (Å²) in [6.07, 6.45) is 2.26. The van der Waals surface area contributed by atoms with E-state index in [2.05, 4.69) is 77.9 Å². The first kappa shape index (κ1) is 15.1. The fraction of sp³-hybridized carbons (Fsp3) is 0.500. The van der Waals surface area contributed by atoms with Crippen molar-refractivity contribution < 1.29 is 0 Å². The largest absolute Gasteiger partial charge is 0.0599 e. The molecule has 0 N–H and O–H groups in total. The van der Waals surface area contributed by atoms with Crippen molar-refractivity contribution in [2.75, 3.05) is 0 Å². The van der Waals surface area contributed by atoms with E-state index in [4.69, 9.17) is 0 Å². The van der Waals surface area contributed by atoms with Crippen LogP contribution in [0.3, 0.4) is 0 Å². The van der Waals surface area contributed by atoms with E-state index in [0.717, 1.165) is 12.8 Å². The first-order valence-corrected chi connectivity index (χ1v) is 7.64. The van der Waals surface area contributed by atoms with Crippen LogP contribution < -0.4 is 0 Å². The maximum absolute atomic E-state index is 2.35. The fourth-order valence-electron chi connectivity index (χ4n) is 2.79. The van der Waals surface area contributed by atoms with E-state index in [0.29, 0.717) is 10.8 Å². The van der Waals surface area contributed by atoms with Crippen LogP contribution in [0.2, 0.25) is 0 Å². The maximum atomic E-state index is 2.35. The molecule has 0 aliphatic heterocycles. The smallest absolute Gasteiger partial charge is 0.0181 e. The standard InChI is InChI=1S/C20H28/c1-19(2,3)13-15-7-9-18-12-16(14-20(4,5)6)8-10-17(18)11-15/h7-12H,13-14H2,1-6H3. The van der Waals surface area contributed by atoms with E-state index in [-0.39, 0.29) is 0 Å². The molecule has 20 heavy (non-hydrogen) atoms. The predicted octanol–water partition coefficient (Wildman–Crippen LogP) is 6.02. The molecule has 108 valence electrons. The molecule has 0 saturated heterocycles. The summed E-state index contributed by atoms with van der Waals surface area (Å²) < 4.78 is 0. The van der Waals surface area contributed by atoms with Gasteiger partial charge in [0, 0.05) is 0 Å². The highest BCUT2D eigenvalue weighted by Gasteiger charge is 2.13. The highest BCUT2D eigenvalue weighted by Crippen LogP contribution is 2.26. The van der Waals surface area contributed by atoms with Crippen molar-refractivity contribution in [2.24, 2.45) is 10.8 Å². The zero-order chi connectivity index (χ0) is 15.0. The van der Waals surface area contributed by atoms with Crippen LogP contribution in [0.5, 0.6) is 0 Å². The summed E-state index contributed by atoms with van der Waals surface area (Å²) >= 11 is 0. The Morgan fingerprint density at radius 3 is 1.25 bits per heavy atom. The topological polar surface area (TPSA) is 0 Å². The van der Waals surface area contributed by atoms with Crippen molar-refractivity contribution in [3.05, 3.63) is 47.5 Å². The Kier molecular flexibility index (Phi) is 3.95. The lowest BCUT2D eigenvalue weighted by Crippen LogP contribution is -2.09. The molecule has 0 bridgehead atoms. The van der Waals surface area contributed by atoms with Gasteiger partial charge in [-0.1, -0.05) is 77.9 Å². The normalized spacial score (nSPS) is 12.9. The van der Waals surface area contributed by atoms with Crippen molar-refractivity contribution in [1.29, 1.82) is 0 Å². The molecule has 0 aliphatic rings. The average molecular weight is 268 g/mol. The predicted molar refractivity (Wildman–Crippen MR) is 90.3 cm³/mol. The summed E-state index contributed by atoms with van der Waals surface area (Å²) in [4.78, 5) is 0. The first-order valence-electron chi connectivity index (χ1n) is 7.64. The second kappa shape index (κ2) is 5.24. The molecule has 0 heterocycles. The summed E-state index contributed by atoms with van der Waals surface area (Å²) in [7, 11) is 0. The van der Waals surface area contributed by atoms with Gasteiger partial charge in [0.2, 0.25) is 0 Å². The van der Waals surface area contributed by atoms with Gasteiger partial charge in [0.15, 0.2) is 0 Å². The van der Waals surface area contributed by atoms with Gasteiger partial charge in [-0.05, 0) is 45.6 Å². The molecular weight excluding hydrogens is 240 g/mol. The monoisotopic (exact) mass is 268 g/mol. The number of hydrogen-bond donors (Lipinski definition) is 0. The third kappa shape index (κ3) is 4.37. The molecule has 0 amide bonds. The van der Waals surface area contributed by atoms with Crippen molar-refractivity contribution in [3.63, 3.8) is 0 Å². The van der Waals surface area contributed by atoms with Crippen LogP contribution in [0.1, 0.15) is 52.7 Å². The van der Waals surface area contributed by atoms with Gasteiger partial charge in [-0.2, -0.15) is 0 Å². The minimum atomic E-state index is 0.347. The van der Waals surface area contributed by atoms with Crippen LogP contribution in [-0.4, -0.2) is 0 Å². The van der Waals surface area contributed by atoms with E-state index in [9.17, 15) is 0 Å². The fourth-order valence-corrected chi connectivity index (χ4v) is 2.79. The van der Waals surface area contributed by atoms with Crippen LogP contribution in [0.25, 0.3) is 10.8 Å². The van der Waals surface area contributed by atoms with Gasteiger partial charge in [-0.25, -0.2) is 0 Å². The quantitative estimate of drug-likeness (QED) is 0.625. The Hall–Kier alpha value is -1.30. The Labute approximate surface area is 124 Å². The molecule has 0 heteroatoms. The van der Waals surface area contributed by atoms with E-state index in [1.807, 2.05) is 0 Å². The van der Waals surface area contributed by atoms with Crippen LogP contribution in [0.15, 0.2) is 36.4 Å². The first-order chi connectivity index (χ1) is 9.12. The third-order valence-corrected chi connectivity index (χ3v) is 3.44. The van der Waals surface area contributed by atoms with E-state index in [1.165, 1.54) is 21.9 Å². The molecule has 2 rings (SSSR count). The van der Waals surface area contributed by atoms with Crippen molar-refractivity contribution in [1.82, 2.24) is 0 Å². The number of benzene rings is 2. The van der Waals surface area contributed by atoms with Crippen molar-refractivity contribution >= 4 is 10.8 Å². The summed E-state index contributed by atoms with van der Waals surface area (Å²) in [5.74, 6) is 0. The Bertz CT molecular complexity index is 536. The molecule has 0 aliphatic carbocycles. The number of hydrogen-bond acceptors (Lipinski definition) is 0. The van der Waals surface area contributed by atoms with Crippen LogP contribution in [-0.2, 0) is 12.8 Å². The summed E-state index contributed by atoms with van der Waals surface area (Å²) in [6.45, 7) is 13.8. The average Bonchev–Trinajstić information content (AvgIpc) is 2.25. The van der Waals surface area contributed by atoms with Gasteiger partial charge in [-0.3, -0.25) is 0 Å². The van der Waals surface area contributed by atoms with Crippen molar-refractivity contribution in [3.8, 4) is 0 Å². The zero-order valence-corrected chi connectivity index (χ0v) is 13.9. The van der Waals surface area contributed by atoms with Crippen LogP contribution in [0, 0.1) is 10.8 Å². The molecule has 0 spiro atoms. The summed E-state index contributed by atoms with van der Waals surface area (Å²) in [6, 6.07) is 13.8.